The summed E-state index contributed by atoms with van der Waals surface area (Å²) in [5.41, 5.74) is 0.829. The molecular weight excluding hydrogens is 316 g/mol. The first-order valence-electron chi connectivity index (χ1n) is 10.5. The third-order valence-electron chi connectivity index (χ3n) is 6.84. The lowest BCUT2D eigenvalue weighted by Gasteiger charge is -2.38. The van der Waals surface area contributed by atoms with Gasteiger partial charge in [0.2, 0.25) is 5.95 Å². The molecule has 0 N–H and O–H groups in total. The van der Waals surface area contributed by atoms with Gasteiger partial charge in [0, 0.05) is 6.20 Å². The van der Waals surface area contributed by atoms with Gasteiger partial charge in [-0.05, 0) is 73.8 Å². The van der Waals surface area contributed by atoms with Gasteiger partial charge in [-0.3, -0.25) is 0 Å². The highest BCUT2D eigenvalue weighted by atomic mass is 19.2. The summed E-state index contributed by atoms with van der Waals surface area (Å²) in [5, 5.41) is 0. The maximum Gasteiger partial charge on any atom is 0.248 e. The molecule has 0 spiro atoms. The number of aromatic nitrogens is 1. The molecular formula is C22H33F2N. The van der Waals surface area contributed by atoms with E-state index in [1.54, 1.807) is 0 Å². The smallest absolute Gasteiger partial charge is 0.225 e. The Bertz CT molecular complexity index is 529. The summed E-state index contributed by atoms with van der Waals surface area (Å²) in [6.07, 6.45) is 17.4. The molecule has 0 aromatic carbocycles. The summed E-state index contributed by atoms with van der Waals surface area (Å²) in [5.74, 6) is 1.87. The number of aryl methyl sites for hydroxylation is 1. The van der Waals surface area contributed by atoms with Crippen LogP contribution in [0, 0.1) is 35.4 Å². The van der Waals surface area contributed by atoms with Gasteiger partial charge in [-0.15, -0.1) is 0 Å². The molecule has 0 aliphatic heterocycles. The highest BCUT2D eigenvalue weighted by Crippen LogP contribution is 2.42. The first-order valence-corrected chi connectivity index (χ1v) is 10.5. The van der Waals surface area contributed by atoms with Crippen molar-refractivity contribution in [3.8, 4) is 0 Å². The Morgan fingerprint density at radius 1 is 0.880 bits per heavy atom. The Hall–Kier alpha value is -0.990. The van der Waals surface area contributed by atoms with Crippen LogP contribution in [-0.4, -0.2) is 4.98 Å². The van der Waals surface area contributed by atoms with Gasteiger partial charge in [0.25, 0.3) is 0 Å². The molecule has 3 rings (SSSR count). The lowest BCUT2D eigenvalue weighted by atomic mass is 9.68. The number of rotatable bonds is 6. The van der Waals surface area contributed by atoms with Gasteiger partial charge >= 0.3 is 0 Å². The molecule has 25 heavy (non-hydrogen) atoms. The highest BCUT2D eigenvalue weighted by Gasteiger charge is 2.30. The van der Waals surface area contributed by atoms with Crippen molar-refractivity contribution >= 4 is 0 Å². The van der Waals surface area contributed by atoms with Crippen molar-refractivity contribution in [1.82, 2.24) is 4.98 Å². The molecule has 0 unspecified atom stereocenters. The van der Waals surface area contributed by atoms with E-state index < -0.39 is 11.8 Å². The lowest BCUT2D eigenvalue weighted by Crippen LogP contribution is -2.26. The monoisotopic (exact) mass is 349 g/mol. The summed E-state index contributed by atoms with van der Waals surface area (Å²) in [7, 11) is 0. The van der Waals surface area contributed by atoms with Crippen molar-refractivity contribution in [3.63, 3.8) is 0 Å². The summed E-state index contributed by atoms with van der Waals surface area (Å²) in [6, 6.07) is 1.31. The van der Waals surface area contributed by atoms with Crippen molar-refractivity contribution in [1.29, 1.82) is 0 Å². The van der Waals surface area contributed by atoms with E-state index in [4.69, 9.17) is 0 Å². The van der Waals surface area contributed by atoms with Crippen LogP contribution in [0.3, 0.4) is 0 Å². The molecule has 1 nitrogen and oxygen atoms in total. The molecule has 2 aliphatic carbocycles. The van der Waals surface area contributed by atoms with Gasteiger partial charge < -0.3 is 0 Å². The largest absolute Gasteiger partial charge is 0.248 e. The molecule has 0 saturated heterocycles. The topological polar surface area (TPSA) is 12.9 Å². The molecule has 0 atom stereocenters. The van der Waals surface area contributed by atoms with E-state index in [1.807, 2.05) is 0 Å². The SMILES string of the molecule is CCCC1CCC(C2CCC(CCc3cnc(F)c(F)c3)CC2)CC1. The van der Waals surface area contributed by atoms with Gasteiger partial charge in [0.1, 0.15) is 0 Å². The van der Waals surface area contributed by atoms with Gasteiger partial charge in [-0.2, -0.15) is 4.39 Å². The summed E-state index contributed by atoms with van der Waals surface area (Å²) >= 11 is 0. The van der Waals surface area contributed by atoms with Crippen LogP contribution in [0.15, 0.2) is 12.3 Å². The third kappa shape index (κ3) is 5.24. The molecule has 1 aromatic rings. The van der Waals surface area contributed by atoms with Gasteiger partial charge in [-0.25, -0.2) is 9.37 Å². The molecule has 0 bridgehead atoms. The van der Waals surface area contributed by atoms with Crippen LogP contribution in [0.25, 0.3) is 0 Å². The molecule has 0 amide bonds. The number of halogens is 2. The molecule has 3 heteroatoms. The van der Waals surface area contributed by atoms with Crippen LogP contribution >= 0.6 is 0 Å². The quantitative estimate of drug-likeness (QED) is 0.520. The standard InChI is InChI=1S/C22H33F2N/c1-2-3-16-6-10-19(11-7-16)20-12-8-17(9-13-20)4-5-18-14-21(23)22(24)25-15-18/h14-17,19-20H,2-13H2,1H3. The van der Waals surface area contributed by atoms with Gasteiger partial charge in [-0.1, -0.05) is 45.4 Å². The number of pyridine rings is 1. The van der Waals surface area contributed by atoms with E-state index in [0.29, 0.717) is 0 Å². The molecule has 2 fully saturated rings. The Kier molecular flexibility index (Phi) is 6.84. The first kappa shape index (κ1) is 18.8. The van der Waals surface area contributed by atoms with Gasteiger partial charge in [0.15, 0.2) is 5.82 Å². The number of hydrogen-bond acceptors (Lipinski definition) is 1. The zero-order valence-corrected chi connectivity index (χ0v) is 15.7. The fourth-order valence-electron chi connectivity index (χ4n) is 5.27. The molecule has 1 heterocycles. The maximum absolute atomic E-state index is 13.2. The normalized spacial score (nSPS) is 30.4. The Balaban J connectivity index is 1.38. The Morgan fingerprint density at radius 2 is 1.44 bits per heavy atom. The predicted molar refractivity (Wildman–Crippen MR) is 98.3 cm³/mol. The van der Waals surface area contributed by atoms with Crippen LogP contribution in [0.2, 0.25) is 0 Å². The number of nitrogens with zero attached hydrogens (tertiary/aromatic N) is 1. The van der Waals surface area contributed by atoms with E-state index in [2.05, 4.69) is 11.9 Å². The van der Waals surface area contributed by atoms with Crippen LogP contribution in [0.5, 0.6) is 0 Å². The first-order chi connectivity index (χ1) is 12.2. The lowest BCUT2D eigenvalue weighted by molar-refractivity contribution is 0.141. The van der Waals surface area contributed by atoms with Crippen molar-refractivity contribution in [2.24, 2.45) is 23.7 Å². The number of hydrogen-bond donors (Lipinski definition) is 0. The van der Waals surface area contributed by atoms with E-state index in [9.17, 15) is 8.78 Å². The molecule has 0 radical (unpaired) electrons. The second-order valence-corrected chi connectivity index (χ2v) is 8.51. The summed E-state index contributed by atoms with van der Waals surface area (Å²) in [4.78, 5) is 3.49. The van der Waals surface area contributed by atoms with Crippen LogP contribution in [0.1, 0.15) is 83.1 Å². The predicted octanol–water partition coefficient (Wildman–Crippen LogP) is 6.71. The fourth-order valence-corrected chi connectivity index (χ4v) is 5.27. The Morgan fingerprint density at radius 3 is 1.96 bits per heavy atom. The molecule has 1 aromatic heterocycles. The zero-order valence-electron chi connectivity index (χ0n) is 15.7. The van der Waals surface area contributed by atoms with Crippen LogP contribution < -0.4 is 0 Å². The van der Waals surface area contributed by atoms with Crippen molar-refractivity contribution < 1.29 is 8.78 Å². The molecule has 2 aliphatic rings. The second kappa shape index (κ2) is 9.09. The summed E-state index contributed by atoms with van der Waals surface area (Å²) < 4.78 is 26.1. The van der Waals surface area contributed by atoms with E-state index in [-0.39, 0.29) is 0 Å². The molecule has 2 saturated carbocycles. The maximum atomic E-state index is 13.2. The third-order valence-corrected chi connectivity index (χ3v) is 6.84. The average molecular weight is 350 g/mol. The van der Waals surface area contributed by atoms with Crippen molar-refractivity contribution in [2.75, 3.05) is 0 Å². The minimum absolute atomic E-state index is 0.751. The van der Waals surface area contributed by atoms with E-state index >= 15 is 0 Å². The van der Waals surface area contributed by atoms with Gasteiger partial charge in [0.05, 0.1) is 0 Å². The summed E-state index contributed by atoms with van der Waals surface area (Å²) in [6.45, 7) is 2.31. The van der Waals surface area contributed by atoms with Crippen LogP contribution in [0.4, 0.5) is 8.78 Å². The van der Waals surface area contributed by atoms with Crippen molar-refractivity contribution in [2.45, 2.75) is 84.0 Å². The van der Waals surface area contributed by atoms with E-state index in [0.717, 1.165) is 42.1 Å². The molecule has 140 valence electrons. The Labute approximate surface area is 151 Å². The zero-order chi connectivity index (χ0) is 17.6. The fraction of sp³-hybridized carbons (Fsp3) is 0.773. The van der Waals surface area contributed by atoms with E-state index in [1.165, 1.54) is 76.5 Å². The van der Waals surface area contributed by atoms with Crippen molar-refractivity contribution in [3.05, 3.63) is 29.6 Å². The second-order valence-electron chi connectivity index (χ2n) is 8.51. The minimum Gasteiger partial charge on any atom is -0.225 e. The minimum atomic E-state index is -0.988. The van der Waals surface area contributed by atoms with Crippen LogP contribution in [-0.2, 0) is 6.42 Å². The average Bonchev–Trinajstić information content (AvgIpc) is 2.64. The highest BCUT2D eigenvalue weighted by molar-refractivity contribution is 5.11.